The van der Waals surface area contributed by atoms with Crippen LogP contribution in [0.5, 0.6) is 0 Å². The molecule has 0 unspecified atom stereocenters. The Bertz CT molecular complexity index is 846. The Morgan fingerprint density at radius 3 is 2.56 bits per heavy atom. The number of nitrogens with two attached hydrogens (primary N) is 1. The van der Waals surface area contributed by atoms with E-state index in [9.17, 15) is 18.9 Å². The predicted octanol–water partition coefficient (Wildman–Crippen LogP) is 2.93. The lowest BCUT2D eigenvalue weighted by Crippen LogP contribution is -2.32. The molecule has 0 spiro atoms. The molecular weight excluding hydrogens is 332 g/mol. The molecule has 1 saturated heterocycles. The van der Waals surface area contributed by atoms with Crippen molar-refractivity contribution in [3.8, 4) is 0 Å². The second-order valence-corrected chi connectivity index (χ2v) is 5.66. The van der Waals surface area contributed by atoms with Crippen LogP contribution in [0.3, 0.4) is 0 Å². The molecule has 1 fully saturated rings. The first-order valence-electron chi connectivity index (χ1n) is 7.60. The number of anilines is 2. The van der Waals surface area contributed by atoms with Gasteiger partial charge < -0.3 is 10.6 Å². The third-order valence-electron chi connectivity index (χ3n) is 3.98. The van der Waals surface area contributed by atoms with Crippen LogP contribution < -0.4 is 10.6 Å². The zero-order valence-corrected chi connectivity index (χ0v) is 13.2. The summed E-state index contributed by atoms with van der Waals surface area (Å²) in [6.45, 7) is 1.21. The minimum atomic E-state index is -0.874. The van der Waals surface area contributed by atoms with Crippen molar-refractivity contribution in [2.75, 3.05) is 23.7 Å². The largest absolute Gasteiger partial charge is 0.378 e. The van der Waals surface area contributed by atoms with Gasteiger partial charge in [0.15, 0.2) is 11.6 Å². The van der Waals surface area contributed by atoms with Crippen molar-refractivity contribution in [1.82, 2.24) is 9.97 Å². The molecule has 2 heterocycles. The van der Waals surface area contributed by atoms with Gasteiger partial charge in [-0.1, -0.05) is 17.7 Å². The number of benzene rings is 1. The molecule has 0 saturated carbocycles. The van der Waals surface area contributed by atoms with Crippen molar-refractivity contribution >= 4 is 23.5 Å². The maximum atomic E-state index is 13.3. The van der Waals surface area contributed by atoms with E-state index < -0.39 is 16.6 Å². The second kappa shape index (κ2) is 6.80. The molecule has 25 heavy (non-hydrogen) atoms. The van der Waals surface area contributed by atoms with Gasteiger partial charge in [-0.05, 0) is 30.5 Å². The molecule has 130 valence electrons. The fourth-order valence-electron chi connectivity index (χ4n) is 2.65. The van der Waals surface area contributed by atoms with E-state index in [0.29, 0.717) is 37.4 Å². The summed E-state index contributed by atoms with van der Waals surface area (Å²) in [6, 6.07) is 3.79. The van der Waals surface area contributed by atoms with Crippen molar-refractivity contribution < 1.29 is 13.7 Å². The summed E-state index contributed by atoms with van der Waals surface area (Å²) in [5, 5.41) is 10.7. The fraction of sp³-hybridized carbons (Fsp3) is 0.250. The lowest BCUT2D eigenvalue weighted by molar-refractivity contribution is -0.384. The number of nitro groups is 1. The van der Waals surface area contributed by atoms with E-state index in [1.807, 2.05) is 11.0 Å². The monoisotopic (exact) mass is 347 g/mol. The highest BCUT2D eigenvalue weighted by Crippen LogP contribution is 2.25. The SMILES string of the molecule is Nc1nc(N2CCC(=Cc3ccc(F)c(F)c3)CC2)ncc1[N+](=O)[O-]. The molecule has 7 nitrogen and oxygen atoms in total. The van der Waals surface area contributed by atoms with Crippen LogP contribution in [0.2, 0.25) is 0 Å². The normalized spacial score (nSPS) is 14.5. The Kier molecular flexibility index (Phi) is 4.55. The molecule has 1 aromatic heterocycles. The van der Waals surface area contributed by atoms with Gasteiger partial charge in [0.1, 0.15) is 6.20 Å². The van der Waals surface area contributed by atoms with Crippen LogP contribution in [0.15, 0.2) is 30.0 Å². The summed E-state index contributed by atoms with van der Waals surface area (Å²) >= 11 is 0. The summed E-state index contributed by atoms with van der Waals surface area (Å²) in [6.07, 6.45) is 4.33. The van der Waals surface area contributed by atoms with E-state index in [1.54, 1.807) is 0 Å². The van der Waals surface area contributed by atoms with Gasteiger partial charge in [0.05, 0.1) is 4.92 Å². The van der Waals surface area contributed by atoms with E-state index in [0.717, 1.165) is 23.9 Å². The van der Waals surface area contributed by atoms with Crippen molar-refractivity contribution in [2.45, 2.75) is 12.8 Å². The minimum absolute atomic E-state index is 0.168. The number of rotatable bonds is 3. The molecule has 0 aliphatic carbocycles. The number of hydrogen-bond donors (Lipinski definition) is 1. The first-order valence-corrected chi connectivity index (χ1v) is 7.60. The third kappa shape index (κ3) is 3.70. The number of hydrogen-bond acceptors (Lipinski definition) is 6. The zero-order chi connectivity index (χ0) is 18.0. The van der Waals surface area contributed by atoms with Crippen LogP contribution in [0.1, 0.15) is 18.4 Å². The van der Waals surface area contributed by atoms with Crippen LogP contribution in [0.4, 0.5) is 26.2 Å². The molecule has 9 heteroatoms. The van der Waals surface area contributed by atoms with Gasteiger partial charge >= 0.3 is 5.69 Å². The lowest BCUT2D eigenvalue weighted by atomic mass is 10.0. The highest BCUT2D eigenvalue weighted by Gasteiger charge is 2.20. The topological polar surface area (TPSA) is 98.2 Å². The number of halogens is 2. The van der Waals surface area contributed by atoms with Crippen molar-refractivity contribution in [3.05, 3.63) is 57.3 Å². The van der Waals surface area contributed by atoms with Crippen LogP contribution in [0.25, 0.3) is 6.08 Å². The molecule has 0 atom stereocenters. The van der Waals surface area contributed by atoms with Gasteiger partial charge in [-0.2, -0.15) is 4.98 Å². The first-order chi connectivity index (χ1) is 11.9. The van der Waals surface area contributed by atoms with Gasteiger partial charge in [-0.25, -0.2) is 13.8 Å². The zero-order valence-electron chi connectivity index (χ0n) is 13.2. The van der Waals surface area contributed by atoms with Crippen LogP contribution in [-0.2, 0) is 0 Å². The summed E-state index contributed by atoms with van der Waals surface area (Å²) in [7, 11) is 0. The second-order valence-electron chi connectivity index (χ2n) is 5.66. The van der Waals surface area contributed by atoms with Crippen molar-refractivity contribution in [2.24, 2.45) is 0 Å². The lowest BCUT2D eigenvalue weighted by Gasteiger charge is -2.28. The van der Waals surface area contributed by atoms with E-state index >= 15 is 0 Å². The molecule has 2 N–H and O–H groups in total. The van der Waals surface area contributed by atoms with Crippen molar-refractivity contribution in [1.29, 1.82) is 0 Å². The van der Waals surface area contributed by atoms with Gasteiger partial charge in [-0.3, -0.25) is 10.1 Å². The molecule has 0 bridgehead atoms. The summed E-state index contributed by atoms with van der Waals surface area (Å²) in [4.78, 5) is 20.0. The molecule has 1 aromatic carbocycles. The van der Waals surface area contributed by atoms with Crippen LogP contribution in [-0.4, -0.2) is 28.0 Å². The predicted molar refractivity (Wildman–Crippen MR) is 88.9 cm³/mol. The number of nitrogens with zero attached hydrogens (tertiary/aromatic N) is 4. The Morgan fingerprint density at radius 1 is 1.24 bits per heavy atom. The van der Waals surface area contributed by atoms with Gasteiger partial charge in [0, 0.05) is 13.1 Å². The number of piperidine rings is 1. The summed E-state index contributed by atoms with van der Waals surface area (Å²) in [5.74, 6) is -1.57. The standard InChI is InChI=1S/C16H15F2N5O2/c17-12-2-1-11(8-13(12)18)7-10-3-5-22(6-4-10)16-20-9-14(23(24)25)15(19)21-16/h1-2,7-9H,3-6H2,(H2,19,20,21). The molecule has 2 aromatic rings. The molecule has 0 amide bonds. The Balaban J connectivity index is 1.69. The minimum Gasteiger partial charge on any atom is -0.378 e. The van der Waals surface area contributed by atoms with Crippen LogP contribution >= 0.6 is 0 Å². The highest BCUT2D eigenvalue weighted by molar-refractivity contribution is 5.56. The van der Waals surface area contributed by atoms with E-state index in [4.69, 9.17) is 5.73 Å². The average Bonchev–Trinajstić information content (AvgIpc) is 2.58. The van der Waals surface area contributed by atoms with Gasteiger partial charge in [0.2, 0.25) is 11.8 Å². The van der Waals surface area contributed by atoms with Gasteiger partial charge in [0.25, 0.3) is 0 Å². The van der Waals surface area contributed by atoms with E-state index in [1.165, 1.54) is 6.07 Å². The Hall–Kier alpha value is -3.10. The smallest absolute Gasteiger partial charge is 0.329 e. The van der Waals surface area contributed by atoms with Crippen LogP contribution in [0, 0.1) is 21.7 Å². The fourth-order valence-corrected chi connectivity index (χ4v) is 2.65. The highest BCUT2D eigenvalue weighted by atomic mass is 19.2. The molecule has 1 aliphatic heterocycles. The quantitative estimate of drug-likeness (QED) is 0.677. The number of nitrogen functional groups attached to an aromatic ring is 1. The summed E-state index contributed by atoms with van der Waals surface area (Å²) in [5.41, 5.74) is 6.97. The first kappa shape index (κ1) is 16.7. The Morgan fingerprint density at radius 2 is 1.96 bits per heavy atom. The molecule has 3 rings (SSSR count). The molecule has 1 aliphatic rings. The Labute approximate surface area is 142 Å². The molecule has 0 radical (unpaired) electrons. The maximum Gasteiger partial charge on any atom is 0.329 e. The summed E-state index contributed by atoms with van der Waals surface area (Å²) < 4.78 is 26.2. The third-order valence-corrected chi connectivity index (χ3v) is 3.98. The average molecular weight is 347 g/mol. The number of aromatic nitrogens is 2. The van der Waals surface area contributed by atoms with Crippen molar-refractivity contribution in [3.63, 3.8) is 0 Å². The maximum absolute atomic E-state index is 13.3. The van der Waals surface area contributed by atoms with Gasteiger partial charge in [-0.15, -0.1) is 0 Å². The van der Waals surface area contributed by atoms with E-state index in [-0.39, 0.29) is 11.5 Å². The van der Waals surface area contributed by atoms with E-state index in [2.05, 4.69) is 9.97 Å². The molecular formula is C16H15F2N5O2.